The Balaban J connectivity index is 1.65. The maximum atomic E-state index is 13.2. The number of alkyl halides is 3. The first-order chi connectivity index (χ1) is 15.6. The molecule has 0 radical (unpaired) electrons. The SMILES string of the molecule is CCN1CCN(c2ccc3nc(Cl)nc(N[C@H](C)c4cc(N)cc(C(F)(F)F)c4)c3c2)CC1. The highest BCUT2D eigenvalue weighted by atomic mass is 35.5. The van der Waals surface area contributed by atoms with Crippen molar-refractivity contribution >= 4 is 39.7 Å². The summed E-state index contributed by atoms with van der Waals surface area (Å²) in [5, 5.41) is 4.02. The van der Waals surface area contributed by atoms with E-state index in [0.717, 1.165) is 55.9 Å². The second kappa shape index (κ2) is 9.23. The van der Waals surface area contributed by atoms with E-state index in [1.807, 2.05) is 18.2 Å². The van der Waals surface area contributed by atoms with E-state index >= 15 is 0 Å². The average Bonchev–Trinajstić information content (AvgIpc) is 2.78. The molecule has 6 nitrogen and oxygen atoms in total. The number of fused-ring (bicyclic) bond motifs is 1. The van der Waals surface area contributed by atoms with Crippen molar-refractivity contribution in [1.29, 1.82) is 0 Å². The van der Waals surface area contributed by atoms with Crippen LogP contribution in [0.25, 0.3) is 10.9 Å². The number of likely N-dealkylation sites (N-methyl/N-ethyl adjacent to an activating group) is 1. The van der Waals surface area contributed by atoms with E-state index in [9.17, 15) is 13.2 Å². The minimum Gasteiger partial charge on any atom is -0.399 e. The van der Waals surface area contributed by atoms with Gasteiger partial charge >= 0.3 is 6.18 Å². The number of anilines is 3. The van der Waals surface area contributed by atoms with Crippen LogP contribution < -0.4 is 16.0 Å². The highest BCUT2D eigenvalue weighted by Crippen LogP contribution is 2.34. The summed E-state index contributed by atoms with van der Waals surface area (Å²) in [5.74, 6) is 0.461. The lowest BCUT2D eigenvalue weighted by molar-refractivity contribution is -0.137. The number of nitrogen functional groups attached to an aromatic ring is 1. The number of piperazine rings is 1. The number of rotatable bonds is 5. The molecule has 1 fully saturated rings. The van der Waals surface area contributed by atoms with Gasteiger partial charge in [0.15, 0.2) is 0 Å². The minimum atomic E-state index is -4.48. The summed E-state index contributed by atoms with van der Waals surface area (Å²) in [7, 11) is 0. The predicted molar refractivity (Wildman–Crippen MR) is 127 cm³/mol. The number of benzene rings is 2. The van der Waals surface area contributed by atoms with Gasteiger partial charge in [0, 0.05) is 42.9 Å². The molecule has 2 aromatic carbocycles. The number of hydrogen-bond acceptors (Lipinski definition) is 6. The van der Waals surface area contributed by atoms with Gasteiger partial charge in [-0.05, 0) is 67.0 Å². The first-order valence-electron chi connectivity index (χ1n) is 10.8. The zero-order valence-electron chi connectivity index (χ0n) is 18.5. The molecule has 1 aliphatic heterocycles. The van der Waals surface area contributed by atoms with Crippen LogP contribution in [0.1, 0.15) is 31.0 Å². The molecule has 33 heavy (non-hydrogen) atoms. The first kappa shape index (κ1) is 23.4. The van der Waals surface area contributed by atoms with Gasteiger partial charge in [0.25, 0.3) is 0 Å². The molecule has 0 spiro atoms. The summed E-state index contributed by atoms with van der Waals surface area (Å²) in [6.45, 7) is 8.75. The van der Waals surface area contributed by atoms with Gasteiger partial charge in [-0.1, -0.05) is 6.92 Å². The van der Waals surface area contributed by atoms with Crippen molar-refractivity contribution in [2.45, 2.75) is 26.1 Å². The molecule has 10 heteroatoms. The van der Waals surface area contributed by atoms with Crippen LogP contribution in [0, 0.1) is 0 Å². The molecule has 1 saturated heterocycles. The molecule has 1 aromatic heterocycles. The summed E-state index contributed by atoms with van der Waals surface area (Å²) >= 11 is 6.14. The van der Waals surface area contributed by atoms with Gasteiger partial charge in [-0.3, -0.25) is 0 Å². The van der Waals surface area contributed by atoms with Crippen molar-refractivity contribution < 1.29 is 13.2 Å². The van der Waals surface area contributed by atoms with E-state index in [-0.39, 0.29) is 11.0 Å². The van der Waals surface area contributed by atoms with Gasteiger partial charge in [0.1, 0.15) is 5.82 Å². The molecule has 4 rings (SSSR count). The number of nitrogens with one attached hydrogen (secondary N) is 1. The average molecular weight is 479 g/mol. The summed E-state index contributed by atoms with van der Waals surface area (Å²) in [6, 6.07) is 8.95. The summed E-state index contributed by atoms with van der Waals surface area (Å²) < 4.78 is 39.7. The Hall–Kier alpha value is -2.78. The van der Waals surface area contributed by atoms with Crippen molar-refractivity contribution in [2.75, 3.05) is 48.7 Å². The van der Waals surface area contributed by atoms with Crippen LogP contribution in [0.15, 0.2) is 36.4 Å². The molecule has 3 aromatic rings. The largest absolute Gasteiger partial charge is 0.416 e. The Morgan fingerprint density at radius 1 is 1.09 bits per heavy atom. The summed E-state index contributed by atoms with van der Waals surface area (Å²) in [6.07, 6.45) is -4.48. The lowest BCUT2D eigenvalue weighted by Gasteiger charge is -2.35. The van der Waals surface area contributed by atoms with Gasteiger partial charge in [-0.25, -0.2) is 9.97 Å². The Bertz CT molecular complexity index is 1140. The van der Waals surface area contributed by atoms with Gasteiger partial charge in [-0.2, -0.15) is 13.2 Å². The maximum absolute atomic E-state index is 13.2. The Morgan fingerprint density at radius 3 is 2.48 bits per heavy atom. The third-order valence-corrected chi connectivity index (χ3v) is 6.16. The zero-order valence-corrected chi connectivity index (χ0v) is 19.2. The van der Waals surface area contributed by atoms with Crippen molar-refractivity contribution in [2.24, 2.45) is 0 Å². The fourth-order valence-corrected chi connectivity index (χ4v) is 4.27. The summed E-state index contributed by atoms with van der Waals surface area (Å²) in [5.41, 5.74) is 7.10. The Kier molecular flexibility index (Phi) is 6.54. The highest BCUT2D eigenvalue weighted by molar-refractivity contribution is 6.28. The van der Waals surface area contributed by atoms with Gasteiger partial charge < -0.3 is 20.9 Å². The normalized spacial score (nSPS) is 16.2. The van der Waals surface area contributed by atoms with E-state index in [4.69, 9.17) is 17.3 Å². The van der Waals surface area contributed by atoms with Crippen LogP contribution in [-0.4, -0.2) is 47.6 Å². The lowest BCUT2D eigenvalue weighted by atomic mass is 10.0. The number of nitrogens with zero attached hydrogens (tertiary/aromatic N) is 4. The fourth-order valence-electron chi connectivity index (χ4n) is 4.10. The third-order valence-electron chi connectivity index (χ3n) is 5.99. The molecule has 0 aliphatic carbocycles. The molecule has 1 atom stereocenters. The Morgan fingerprint density at radius 2 is 1.82 bits per heavy atom. The van der Waals surface area contributed by atoms with Gasteiger partial charge in [-0.15, -0.1) is 0 Å². The van der Waals surface area contributed by atoms with Gasteiger partial charge in [0.05, 0.1) is 17.1 Å². The fraction of sp³-hybridized carbons (Fsp3) is 0.391. The molecule has 0 saturated carbocycles. The topological polar surface area (TPSA) is 70.3 Å². The van der Waals surface area contributed by atoms with Crippen LogP contribution in [0.2, 0.25) is 5.28 Å². The molecule has 0 unspecified atom stereocenters. The number of halogens is 4. The molecular weight excluding hydrogens is 453 g/mol. The van der Waals surface area contributed by atoms with Crippen molar-refractivity contribution in [1.82, 2.24) is 14.9 Å². The standard InChI is InChI=1S/C23H26ClF3N6/c1-3-32-6-8-33(9-7-32)18-4-5-20-19(13-18)21(31-22(24)30-20)29-14(2)15-10-16(23(25,26)27)12-17(28)11-15/h4-5,10-14H,3,6-9,28H2,1-2H3,(H,29,30,31)/t14-/m1/s1. The van der Waals surface area contributed by atoms with Crippen molar-refractivity contribution in [3.8, 4) is 0 Å². The van der Waals surface area contributed by atoms with Crippen LogP contribution in [-0.2, 0) is 6.18 Å². The molecule has 3 N–H and O–H groups in total. The van der Waals surface area contributed by atoms with E-state index in [0.29, 0.717) is 16.9 Å². The van der Waals surface area contributed by atoms with Crippen LogP contribution >= 0.6 is 11.6 Å². The van der Waals surface area contributed by atoms with E-state index in [1.54, 1.807) is 6.92 Å². The van der Waals surface area contributed by atoms with Crippen molar-refractivity contribution in [3.63, 3.8) is 0 Å². The number of aromatic nitrogens is 2. The molecule has 2 heterocycles. The van der Waals surface area contributed by atoms with Crippen molar-refractivity contribution in [3.05, 3.63) is 52.8 Å². The maximum Gasteiger partial charge on any atom is 0.416 e. The highest BCUT2D eigenvalue weighted by Gasteiger charge is 2.31. The summed E-state index contributed by atoms with van der Waals surface area (Å²) in [4.78, 5) is 13.3. The lowest BCUT2D eigenvalue weighted by Crippen LogP contribution is -2.46. The molecule has 176 valence electrons. The molecule has 0 amide bonds. The molecule has 1 aliphatic rings. The number of hydrogen-bond donors (Lipinski definition) is 2. The number of nitrogens with two attached hydrogens (primary N) is 1. The smallest absolute Gasteiger partial charge is 0.399 e. The monoisotopic (exact) mass is 478 g/mol. The molecule has 0 bridgehead atoms. The zero-order chi connectivity index (χ0) is 23.8. The van der Waals surface area contributed by atoms with Crippen LogP contribution in [0.5, 0.6) is 0 Å². The van der Waals surface area contributed by atoms with E-state index in [1.165, 1.54) is 6.07 Å². The van der Waals surface area contributed by atoms with E-state index in [2.05, 4.69) is 32.0 Å². The van der Waals surface area contributed by atoms with E-state index < -0.39 is 17.8 Å². The predicted octanol–water partition coefficient (Wildman–Crippen LogP) is 5.20. The second-order valence-corrected chi connectivity index (χ2v) is 8.55. The Labute approximate surface area is 195 Å². The van der Waals surface area contributed by atoms with Gasteiger partial charge in [0.2, 0.25) is 5.28 Å². The van der Waals surface area contributed by atoms with Crippen LogP contribution in [0.4, 0.5) is 30.4 Å². The minimum absolute atomic E-state index is 0.0487. The second-order valence-electron chi connectivity index (χ2n) is 8.22. The first-order valence-corrected chi connectivity index (χ1v) is 11.2. The third kappa shape index (κ3) is 5.25. The quantitative estimate of drug-likeness (QED) is 0.388. The van der Waals surface area contributed by atoms with Crippen LogP contribution in [0.3, 0.4) is 0 Å². The molecular formula is C23H26ClF3N6.